The topological polar surface area (TPSA) is 63.5 Å². The van der Waals surface area contributed by atoms with Crippen LogP contribution >= 0.6 is 0 Å². The smallest absolute Gasteiger partial charge is 0.181 e. The Bertz CT molecular complexity index is 54.0. The Morgan fingerprint density at radius 2 is 1.75 bits per heavy atom. The quantitative estimate of drug-likeness (QED) is 0.292. The Labute approximate surface area is 48.1 Å². The molecule has 0 heterocycles. The third kappa shape index (κ3) is 1.75. The van der Waals surface area contributed by atoms with Crippen molar-refractivity contribution in [2.24, 2.45) is 0 Å². The Kier molecular flexibility index (Phi) is 2.93. The highest BCUT2D eigenvalue weighted by Gasteiger charge is 2.07. The van der Waals surface area contributed by atoms with Gasteiger partial charge in [-0.15, -0.1) is 0 Å². The second-order valence-corrected chi connectivity index (χ2v) is 1.66. The molecule has 0 radical (unpaired) electrons. The maximum atomic E-state index is 10.6. The summed E-state index contributed by atoms with van der Waals surface area (Å²) in [6.07, 6.45) is 0. The van der Waals surface area contributed by atoms with E-state index in [9.17, 15) is 5.21 Å². The van der Waals surface area contributed by atoms with Crippen molar-refractivity contribution in [3.63, 3.8) is 0 Å². The van der Waals surface area contributed by atoms with Crippen LogP contribution in [0.2, 0.25) is 0 Å². The summed E-state index contributed by atoms with van der Waals surface area (Å²) in [5.74, 6) is 0. The molecule has 0 aliphatic rings. The first-order valence-corrected chi connectivity index (χ1v) is 2.47. The third-order valence-corrected chi connectivity index (χ3v) is 1.09. The van der Waals surface area contributed by atoms with Crippen molar-refractivity contribution in [1.29, 1.82) is 0 Å². The Morgan fingerprint density at radius 3 is 1.75 bits per heavy atom. The largest absolute Gasteiger partial charge is 0.629 e. The van der Waals surface area contributed by atoms with E-state index >= 15 is 0 Å². The molecule has 50 valence electrons. The van der Waals surface area contributed by atoms with Crippen LogP contribution in [0.25, 0.3) is 0 Å². The van der Waals surface area contributed by atoms with Crippen molar-refractivity contribution in [3.05, 3.63) is 5.21 Å². The standard InChI is InChI=1S/C4H11NO3/c1-2-5(8,3-6)4-7/h6-7H,2-4H2,1H3. The van der Waals surface area contributed by atoms with Crippen LogP contribution < -0.4 is 0 Å². The van der Waals surface area contributed by atoms with Crippen LogP contribution in [0.3, 0.4) is 0 Å². The van der Waals surface area contributed by atoms with E-state index in [2.05, 4.69) is 0 Å². The van der Waals surface area contributed by atoms with Gasteiger partial charge in [0.1, 0.15) is 0 Å². The molecule has 0 saturated carbocycles. The van der Waals surface area contributed by atoms with E-state index in [4.69, 9.17) is 10.2 Å². The highest BCUT2D eigenvalue weighted by atomic mass is 16.6. The average molecular weight is 121 g/mol. The molecule has 4 heteroatoms. The van der Waals surface area contributed by atoms with Crippen molar-refractivity contribution in [2.45, 2.75) is 6.92 Å². The van der Waals surface area contributed by atoms with E-state index < -0.39 is 18.1 Å². The minimum atomic E-state index is -0.931. The zero-order valence-corrected chi connectivity index (χ0v) is 4.87. The molecule has 0 spiro atoms. The van der Waals surface area contributed by atoms with Gasteiger partial charge in [0.2, 0.25) is 0 Å². The maximum Gasteiger partial charge on any atom is 0.181 e. The molecule has 2 N–H and O–H groups in total. The van der Waals surface area contributed by atoms with E-state index in [0.29, 0.717) is 0 Å². The zero-order valence-electron chi connectivity index (χ0n) is 4.87. The summed E-state index contributed by atoms with van der Waals surface area (Å²) in [5.41, 5.74) is 0. The van der Waals surface area contributed by atoms with Crippen LogP contribution in [0.4, 0.5) is 0 Å². The maximum absolute atomic E-state index is 10.6. The molecule has 0 rings (SSSR count). The first kappa shape index (κ1) is 7.84. The molecule has 0 amide bonds. The van der Waals surface area contributed by atoms with Gasteiger partial charge in [0.05, 0.1) is 6.54 Å². The summed E-state index contributed by atoms with van der Waals surface area (Å²) >= 11 is 0. The first-order chi connectivity index (χ1) is 3.68. The van der Waals surface area contributed by atoms with Crippen LogP contribution in [0, 0.1) is 5.21 Å². The van der Waals surface area contributed by atoms with Crippen LogP contribution in [0.5, 0.6) is 0 Å². The highest BCUT2D eigenvalue weighted by Crippen LogP contribution is 1.96. The molecule has 0 saturated heterocycles. The Balaban J connectivity index is 3.58. The second-order valence-electron chi connectivity index (χ2n) is 1.66. The molecule has 0 aromatic rings. The van der Waals surface area contributed by atoms with E-state index in [1.54, 1.807) is 6.92 Å². The van der Waals surface area contributed by atoms with Gasteiger partial charge < -0.3 is 20.1 Å². The molecule has 0 bridgehead atoms. The van der Waals surface area contributed by atoms with Crippen molar-refractivity contribution < 1.29 is 14.9 Å². The van der Waals surface area contributed by atoms with E-state index in [-0.39, 0.29) is 6.54 Å². The number of rotatable bonds is 3. The fourth-order valence-corrected chi connectivity index (χ4v) is 0.245. The average Bonchev–Trinajstić information content (AvgIpc) is 1.87. The highest BCUT2D eigenvalue weighted by molar-refractivity contribution is 4.23. The third-order valence-electron chi connectivity index (χ3n) is 1.09. The van der Waals surface area contributed by atoms with Gasteiger partial charge in [-0.05, 0) is 6.92 Å². The molecule has 0 aliphatic carbocycles. The summed E-state index contributed by atoms with van der Waals surface area (Å²) in [4.78, 5) is 0. The number of hydroxylamine groups is 3. The Morgan fingerprint density at radius 1 is 1.38 bits per heavy atom. The lowest BCUT2D eigenvalue weighted by Crippen LogP contribution is -2.43. The zero-order chi connectivity index (χ0) is 6.62. The molecule has 4 nitrogen and oxygen atoms in total. The molecule has 8 heavy (non-hydrogen) atoms. The lowest BCUT2D eigenvalue weighted by Gasteiger charge is -2.36. The van der Waals surface area contributed by atoms with Gasteiger partial charge in [0.15, 0.2) is 13.5 Å². The summed E-state index contributed by atoms with van der Waals surface area (Å²) in [6, 6.07) is 0. The van der Waals surface area contributed by atoms with Crippen LogP contribution in [0.15, 0.2) is 0 Å². The van der Waals surface area contributed by atoms with Gasteiger partial charge in [-0.1, -0.05) is 0 Å². The number of nitrogens with zero attached hydrogens (tertiary/aromatic N) is 1. The van der Waals surface area contributed by atoms with E-state index in [1.165, 1.54) is 0 Å². The van der Waals surface area contributed by atoms with E-state index in [0.717, 1.165) is 0 Å². The summed E-state index contributed by atoms with van der Waals surface area (Å²) in [6.45, 7) is 0.715. The summed E-state index contributed by atoms with van der Waals surface area (Å²) < 4.78 is -0.931. The van der Waals surface area contributed by atoms with Gasteiger partial charge in [0.25, 0.3) is 0 Å². The van der Waals surface area contributed by atoms with Crippen LogP contribution in [0.1, 0.15) is 6.92 Å². The fourth-order valence-electron chi connectivity index (χ4n) is 0.245. The summed E-state index contributed by atoms with van der Waals surface area (Å²) in [5, 5.41) is 27.2. The number of hydrogen-bond acceptors (Lipinski definition) is 3. The van der Waals surface area contributed by atoms with Crippen molar-refractivity contribution in [2.75, 3.05) is 20.0 Å². The molecule has 0 aliphatic heterocycles. The molecule has 0 fully saturated rings. The van der Waals surface area contributed by atoms with Crippen LogP contribution in [-0.4, -0.2) is 34.9 Å². The predicted octanol–water partition coefficient (Wildman–Crippen LogP) is -0.780. The van der Waals surface area contributed by atoms with Crippen molar-refractivity contribution >= 4 is 0 Å². The van der Waals surface area contributed by atoms with Crippen molar-refractivity contribution in [1.82, 2.24) is 0 Å². The van der Waals surface area contributed by atoms with Gasteiger partial charge in [-0.25, -0.2) is 0 Å². The number of aliphatic hydroxyl groups excluding tert-OH is 2. The molecular weight excluding hydrogens is 110 g/mol. The van der Waals surface area contributed by atoms with E-state index in [1.807, 2.05) is 0 Å². The number of quaternary nitrogens is 1. The lowest BCUT2D eigenvalue weighted by molar-refractivity contribution is -0.915. The lowest BCUT2D eigenvalue weighted by atomic mass is 10.6. The van der Waals surface area contributed by atoms with Crippen molar-refractivity contribution in [3.8, 4) is 0 Å². The molecule has 0 atom stereocenters. The first-order valence-electron chi connectivity index (χ1n) is 2.47. The fraction of sp³-hybridized carbons (Fsp3) is 1.00. The second kappa shape index (κ2) is 2.99. The molecule has 0 aromatic carbocycles. The Hall–Kier alpha value is -0.160. The SMILES string of the molecule is CC[N+]([O-])(CO)CO. The number of aliphatic hydroxyl groups is 2. The number of hydrogen-bond donors (Lipinski definition) is 2. The van der Waals surface area contributed by atoms with Gasteiger partial charge in [-0.2, -0.15) is 0 Å². The molecule has 0 aromatic heterocycles. The van der Waals surface area contributed by atoms with Gasteiger partial charge >= 0.3 is 0 Å². The van der Waals surface area contributed by atoms with Gasteiger partial charge in [-0.3, -0.25) is 0 Å². The summed E-state index contributed by atoms with van der Waals surface area (Å²) in [7, 11) is 0. The molecule has 0 unspecified atom stereocenters. The minimum absolute atomic E-state index is 0.201. The predicted molar refractivity (Wildman–Crippen MR) is 28.3 cm³/mol. The van der Waals surface area contributed by atoms with Gasteiger partial charge in [0, 0.05) is 0 Å². The monoisotopic (exact) mass is 121 g/mol. The normalized spacial score (nSPS) is 12.0. The van der Waals surface area contributed by atoms with Crippen LogP contribution in [-0.2, 0) is 0 Å². The molecular formula is C4H11NO3. The minimum Gasteiger partial charge on any atom is -0.629 e.